The third-order valence-electron chi connectivity index (χ3n) is 3.92. The van der Waals surface area contributed by atoms with Crippen LogP contribution in [0.25, 0.3) is 0 Å². The molecule has 1 unspecified atom stereocenters. The second-order valence-electron chi connectivity index (χ2n) is 5.67. The number of aliphatic carboxylic acids is 1. The molecular formula is C19H18N2O5S. The number of amides is 1. The first kappa shape index (κ1) is 18.8. The van der Waals surface area contributed by atoms with Gasteiger partial charge in [-0.15, -0.1) is 0 Å². The third-order valence-corrected chi connectivity index (χ3v) is 5.06. The summed E-state index contributed by atoms with van der Waals surface area (Å²) in [6, 6.07) is 14.0. The number of hydrogen-bond donors (Lipinski definition) is 1. The van der Waals surface area contributed by atoms with E-state index in [1.165, 1.54) is 4.90 Å². The third kappa shape index (κ3) is 4.22. The van der Waals surface area contributed by atoms with Crippen LogP contribution in [-0.4, -0.2) is 41.6 Å². The van der Waals surface area contributed by atoms with Crippen molar-refractivity contribution in [3.05, 3.63) is 48.5 Å². The highest BCUT2D eigenvalue weighted by Gasteiger charge is 2.40. The molecule has 0 aromatic heterocycles. The van der Waals surface area contributed by atoms with Gasteiger partial charge in [0, 0.05) is 0 Å². The zero-order valence-electron chi connectivity index (χ0n) is 14.8. The van der Waals surface area contributed by atoms with E-state index < -0.39 is 11.2 Å². The van der Waals surface area contributed by atoms with Gasteiger partial charge in [-0.25, -0.2) is 4.99 Å². The number of ether oxygens (including phenoxy) is 2. The zero-order chi connectivity index (χ0) is 19.4. The van der Waals surface area contributed by atoms with E-state index in [4.69, 9.17) is 14.6 Å². The molecule has 8 heteroatoms. The summed E-state index contributed by atoms with van der Waals surface area (Å²) in [6.45, 7) is 0. The summed E-state index contributed by atoms with van der Waals surface area (Å²) >= 11 is 1.15. The van der Waals surface area contributed by atoms with Crippen molar-refractivity contribution in [1.82, 2.24) is 0 Å². The van der Waals surface area contributed by atoms with E-state index in [9.17, 15) is 9.59 Å². The summed E-state index contributed by atoms with van der Waals surface area (Å²) in [7, 11) is 3.14. The molecule has 1 N–H and O–H groups in total. The first-order valence-electron chi connectivity index (χ1n) is 8.11. The first-order valence-corrected chi connectivity index (χ1v) is 8.99. The molecule has 0 saturated carbocycles. The van der Waals surface area contributed by atoms with Crippen LogP contribution in [0.3, 0.4) is 0 Å². The van der Waals surface area contributed by atoms with Gasteiger partial charge in [-0.3, -0.25) is 14.5 Å². The number of carbonyl (C=O) groups is 2. The van der Waals surface area contributed by atoms with E-state index in [0.717, 1.165) is 11.8 Å². The lowest BCUT2D eigenvalue weighted by Crippen LogP contribution is -2.32. The van der Waals surface area contributed by atoms with Gasteiger partial charge >= 0.3 is 5.97 Å². The van der Waals surface area contributed by atoms with Crippen molar-refractivity contribution in [1.29, 1.82) is 0 Å². The standard InChI is InChI=1S/C19H18N2O5S/c1-25-14-7-3-12(4-8-14)20-19-21(13-5-9-15(26-2)10-6-13)18(24)16(27-19)11-17(22)23/h3-10,16H,11H2,1-2H3,(H,22,23). The average molecular weight is 386 g/mol. The molecule has 1 atom stereocenters. The van der Waals surface area contributed by atoms with Crippen LogP contribution in [0.4, 0.5) is 11.4 Å². The molecule has 1 aliphatic rings. The second-order valence-corrected chi connectivity index (χ2v) is 6.84. The summed E-state index contributed by atoms with van der Waals surface area (Å²) in [5, 5.41) is 8.81. The smallest absolute Gasteiger partial charge is 0.305 e. The Hall–Kier alpha value is -3.00. The molecule has 7 nitrogen and oxygen atoms in total. The monoisotopic (exact) mass is 386 g/mol. The van der Waals surface area contributed by atoms with Crippen LogP contribution in [0.1, 0.15) is 6.42 Å². The molecule has 2 aromatic rings. The molecule has 0 aliphatic carbocycles. The summed E-state index contributed by atoms with van der Waals surface area (Å²) in [5.41, 5.74) is 1.24. The number of hydrogen-bond acceptors (Lipinski definition) is 6. The number of thioether (sulfide) groups is 1. The van der Waals surface area contributed by atoms with E-state index >= 15 is 0 Å². The Morgan fingerprint density at radius 3 is 2.15 bits per heavy atom. The normalized spacial score (nSPS) is 18.0. The Morgan fingerprint density at radius 2 is 1.63 bits per heavy atom. The molecule has 3 rings (SSSR count). The van der Waals surface area contributed by atoms with Crippen LogP contribution in [0, 0.1) is 0 Å². The summed E-state index contributed by atoms with van der Waals surface area (Å²) in [4.78, 5) is 29.9. The Balaban J connectivity index is 1.97. The minimum Gasteiger partial charge on any atom is -0.497 e. The van der Waals surface area contributed by atoms with Crippen LogP contribution < -0.4 is 14.4 Å². The van der Waals surface area contributed by atoms with Crippen molar-refractivity contribution in [2.45, 2.75) is 11.7 Å². The van der Waals surface area contributed by atoms with Gasteiger partial charge in [-0.05, 0) is 48.5 Å². The van der Waals surface area contributed by atoms with Crippen LogP contribution in [-0.2, 0) is 9.59 Å². The maximum Gasteiger partial charge on any atom is 0.305 e. The van der Waals surface area contributed by atoms with Gasteiger partial charge < -0.3 is 14.6 Å². The van der Waals surface area contributed by atoms with Crippen LogP contribution in [0.5, 0.6) is 11.5 Å². The second kappa shape index (κ2) is 8.13. The number of benzene rings is 2. The summed E-state index contributed by atoms with van der Waals surface area (Å²) in [5.74, 6) is 0.0275. The molecule has 1 aliphatic heterocycles. The highest BCUT2D eigenvalue weighted by molar-refractivity contribution is 8.16. The Labute approximate surface area is 160 Å². The maximum atomic E-state index is 12.8. The van der Waals surface area contributed by atoms with Crippen molar-refractivity contribution in [3.63, 3.8) is 0 Å². The van der Waals surface area contributed by atoms with Crippen LogP contribution in [0.2, 0.25) is 0 Å². The number of amidine groups is 1. The molecule has 0 radical (unpaired) electrons. The quantitative estimate of drug-likeness (QED) is 0.819. The minimum absolute atomic E-state index is 0.266. The molecule has 0 spiro atoms. The Kier molecular flexibility index (Phi) is 5.66. The SMILES string of the molecule is COc1ccc(N=C2SC(CC(=O)O)C(=O)N2c2ccc(OC)cc2)cc1. The predicted octanol–water partition coefficient (Wildman–Crippen LogP) is 3.31. The van der Waals surface area contributed by atoms with Crippen molar-refractivity contribution in [2.24, 2.45) is 4.99 Å². The summed E-state index contributed by atoms with van der Waals surface area (Å²) < 4.78 is 10.3. The Bertz CT molecular complexity index is 865. The summed E-state index contributed by atoms with van der Waals surface area (Å²) in [6.07, 6.45) is -0.266. The van der Waals surface area contributed by atoms with Gasteiger partial charge in [0.15, 0.2) is 5.17 Å². The van der Waals surface area contributed by atoms with Gasteiger partial charge in [0.2, 0.25) is 5.91 Å². The van der Waals surface area contributed by atoms with E-state index in [1.54, 1.807) is 62.8 Å². The lowest BCUT2D eigenvalue weighted by Gasteiger charge is -2.17. The number of nitrogens with zero attached hydrogens (tertiary/aromatic N) is 2. The lowest BCUT2D eigenvalue weighted by atomic mass is 10.2. The molecule has 1 saturated heterocycles. The van der Waals surface area contributed by atoms with Gasteiger partial charge in [-0.1, -0.05) is 11.8 Å². The van der Waals surface area contributed by atoms with Crippen LogP contribution >= 0.6 is 11.8 Å². The van der Waals surface area contributed by atoms with Gasteiger partial charge in [0.25, 0.3) is 0 Å². The minimum atomic E-state index is -1.03. The molecule has 1 amide bonds. The molecule has 1 fully saturated rings. The number of carboxylic acids is 1. The predicted molar refractivity (Wildman–Crippen MR) is 104 cm³/mol. The fraction of sp³-hybridized carbons (Fsp3) is 0.211. The fourth-order valence-electron chi connectivity index (χ4n) is 2.57. The number of carbonyl (C=O) groups excluding carboxylic acids is 1. The van der Waals surface area contributed by atoms with Crippen molar-refractivity contribution >= 4 is 40.2 Å². The molecule has 0 bridgehead atoms. The topological polar surface area (TPSA) is 88.4 Å². The van der Waals surface area contributed by atoms with Crippen molar-refractivity contribution in [2.75, 3.05) is 19.1 Å². The molecule has 2 aromatic carbocycles. The number of rotatable bonds is 6. The van der Waals surface area contributed by atoms with E-state index in [2.05, 4.69) is 4.99 Å². The average Bonchev–Trinajstić information content (AvgIpc) is 2.97. The number of aliphatic imine (C=N–C) groups is 1. The molecule has 140 valence electrons. The van der Waals surface area contributed by atoms with E-state index in [-0.39, 0.29) is 12.3 Å². The van der Waals surface area contributed by atoms with Crippen molar-refractivity contribution in [3.8, 4) is 11.5 Å². The fourth-order valence-corrected chi connectivity index (χ4v) is 3.71. The Morgan fingerprint density at radius 1 is 1.07 bits per heavy atom. The first-order chi connectivity index (χ1) is 13.0. The van der Waals surface area contributed by atoms with Gasteiger partial charge in [0.05, 0.1) is 32.0 Å². The molecule has 1 heterocycles. The van der Waals surface area contributed by atoms with Crippen LogP contribution in [0.15, 0.2) is 53.5 Å². The highest BCUT2D eigenvalue weighted by atomic mass is 32.2. The number of carboxylic acid groups (broad SMARTS) is 1. The van der Waals surface area contributed by atoms with Gasteiger partial charge in [0.1, 0.15) is 16.7 Å². The zero-order valence-corrected chi connectivity index (χ0v) is 15.6. The number of methoxy groups -OCH3 is 2. The number of anilines is 1. The maximum absolute atomic E-state index is 12.8. The van der Waals surface area contributed by atoms with E-state index in [0.29, 0.717) is 28.0 Å². The molecule has 27 heavy (non-hydrogen) atoms. The largest absolute Gasteiger partial charge is 0.497 e. The van der Waals surface area contributed by atoms with Crippen molar-refractivity contribution < 1.29 is 24.2 Å². The van der Waals surface area contributed by atoms with Gasteiger partial charge in [-0.2, -0.15) is 0 Å². The van der Waals surface area contributed by atoms with E-state index in [1.807, 2.05) is 0 Å². The highest BCUT2D eigenvalue weighted by Crippen LogP contribution is 2.36. The lowest BCUT2D eigenvalue weighted by molar-refractivity contribution is -0.138. The molecular weight excluding hydrogens is 368 g/mol.